The maximum atomic E-state index is 12.7. The summed E-state index contributed by atoms with van der Waals surface area (Å²) in [6.07, 6.45) is 3.49. The van der Waals surface area contributed by atoms with E-state index in [4.69, 9.17) is 4.74 Å². The zero-order chi connectivity index (χ0) is 34.3. The van der Waals surface area contributed by atoms with Crippen molar-refractivity contribution in [2.24, 2.45) is 11.7 Å². The molecule has 3 atom stereocenters. The Morgan fingerprint density at radius 2 is 1.61 bits per heavy atom. The second-order valence-electron chi connectivity index (χ2n) is 11.8. The zero-order valence-corrected chi connectivity index (χ0v) is 29.0. The summed E-state index contributed by atoms with van der Waals surface area (Å²) in [6.45, 7) is 18.0. The molecule has 10 nitrogen and oxygen atoms in total. The fourth-order valence-corrected chi connectivity index (χ4v) is 4.11. The summed E-state index contributed by atoms with van der Waals surface area (Å²) in [5, 5.41) is 15.0. The van der Waals surface area contributed by atoms with Gasteiger partial charge in [-0.3, -0.25) is 9.59 Å². The monoisotopic (exact) mass is 622 g/mol. The third-order valence-electron chi connectivity index (χ3n) is 6.29. The zero-order valence-electron chi connectivity index (χ0n) is 29.0. The predicted molar refractivity (Wildman–Crippen MR) is 178 cm³/mol. The van der Waals surface area contributed by atoms with Gasteiger partial charge >= 0.3 is 6.09 Å². The number of benzene rings is 1. The van der Waals surface area contributed by atoms with Crippen molar-refractivity contribution in [3.05, 3.63) is 35.9 Å². The molecule has 1 aromatic rings. The normalized spacial score (nSPS) is 16.5. The lowest BCUT2D eigenvalue weighted by Gasteiger charge is -2.28. The second-order valence-corrected chi connectivity index (χ2v) is 11.8. The highest BCUT2D eigenvalue weighted by atomic mass is 16.6. The van der Waals surface area contributed by atoms with E-state index in [0.717, 1.165) is 12.8 Å². The van der Waals surface area contributed by atoms with Crippen molar-refractivity contribution in [2.75, 3.05) is 20.1 Å². The Morgan fingerprint density at radius 3 is 2.05 bits per heavy atom. The molecule has 1 heterocycles. The van der Waals surface area contributed by atoms with E-state index in [-0.39, 0.29) is 18.4 Å². The van der Waals surface area contributed by atoms with Crippen LogP contribution in [0.4, 0.5) is 4.79 Å². The van der Waals surface area contributed by atoms with Crippen molar-refractivity contribution in [3.8, 4) is 0 Å². The number of nitrogens with one attached hydrogen (secondary N) is 2. The average molecular weight is 623 g/mol. The molecule has 1 saturated heterocycles. The van der Waals surface area contributed by atoms with Gasteiger partial charge in [-0.05, 0) is 64.5 Å². The number of carbonyl (C=O) groups excluding carboxylic acids is 4. The van der Waals surface area contributed by atoms with Crippen LogP contribution < -0.4 is 16.4 Å². The average Bonchev–Trinajstić information content (AvgIpc) is 3.68. The highest BCUT2D eigenvalue weighted by molar-refractivity contribution is 5.90. The third kappa shape index (κ3) is 19.3. The number of hydrogen-bond donors (Lipinski definition) is 4. The first-order valence-corrected chi connectivity index (χ1v) is 16.2. The van der Waals surface area contributed by atoms with Crippen LogP contribution in [-0.4, -0.2) is 78.1 Å². The van der Waals surface area contributed by atoms with Gasteiger partial charge in [0, 0.05) is 6.54 Å². The first-order chi connectivity index (χ1) is 20.8. The maximum absolute atomic E-state index is 12.7. The molecule has 0 spiro atoms. The molecule has 1 saturated carbocycles. The Hall–Kier alpha value is -2.98. The summed E-state index contributed by atoms with van der Waals surface area (Å²) in [5.74, 6) is 0.318. The lowest BCUT2D eigenvalue weighted by molar-refractivity contribution is -0.138. The van der Waals surface area contributed by atoms with Gasteiger partial charge in [0.15, 0.2) is 6.29 Å². The minimum atomic E-state index is -1.26. The van der Waals surface area contributed by atoms with Crippen LogP contribution in [-0.2, 0) is 19.1 Å². The van der Waals surface area contributed by atoms with Crippen molar-refractivity contribution < 1.29 is 29.0 Å². The van der Waals surface area contributed by atoms with Crippen LogP contribution in [0.3, 0.4) is 0 Å². The SMILES string of the molecule is CC.CC(C)(C)OC(=O)NCC(=O)N1CCCC1C(=O)NC(CC1CC1)C(O)C=O.CC(C)c1ccccc1.CCC.CN. The number of hydrogen-bond acceptors (Lipinski definition) is 7. The number of likely N-dealkylation sites (tertiary alicyclic amines) is 1. The number of aliphatic hydroxyl groups excluding tert-OH is 1. The lowest BCUT2D eigenvalue weighted by Crippen LogP contribution is -2.53. The summed E-state index contributed by atoms with van der Waals surface area (Å²) in [5.41, 5.74) is 5.25. The minimum Gasteiger partial charge on any atom is -0.444 e. The van der Waals surface area contributed by atoms with Crippen molar-refractivity contribution in [1.82, 2.24) is 15.5 Å². The van der Waals surface area contributed by atoms with Gasteiger partial charge in [-0.1, -0.05) is 91.1 Å². The van der Waals surface area contributed by atoms with Gasteiger partial charge in [0.25, 0.3) is 0 Å². The largest absolute Gasteiger partial charge is 0.444 e. The molecule has 3 rings (SSSR count). The predicted octanol–water partition coefficient (Wildman–Crippen LogP) is 5.17. The standard InChI is InChI=1S/C19H31N3O6.C9H12.C3H8.C2H6.CH5N/c1-19(2,3)28-18(27)20-10-16(25)22-8-4-5-14(22)17(26)21-13(15(24)11-23)9-12-6-7-12;1-8(2)9-6-4-3-5-7-9;1-3-2;2*1-2/h11-15,24H,4-10H2,1-3H3,(H,20,27)(H,21,26);3-8H,1-2H3;3H2,1-2H3;1-2H3;2H2,1H3. The topological polar surface area (TPSA) is 151 Å². The van der Waals surface area contributed by atoms with Gasteiger partial charge in [0.2, 0.25) is 11.8 Å². The number of nitrogens with zero attached hydrogens (tertiary/aromatic N) is 1. The van der Waals surface area contributed by atoms with Crippen molar-refractivity contribution >= 4 is 24.2 Å². The van der Waals surface area contributed by atoms with Crippen LogP contribution in [0, 0.1) is 5.92 Å². The van der Waals surface area contributed by atoms with Gasteiger partial charge < -0.3 is 35.9 Å². The van der Waals surface area contributed by atoms with E-state index in [2.05, 4.69) is 68.3 Å². The van der Waals surface area contributed by atoms with Crippen molar-refractivity contribution in [2.45, 2.75) is 131 Å². The second kappa shape index (κ2) is 24.4. The first-order valence-electron chi connectivity index (χ1n) is 16.2. The smallest absolute Gasteiger partial charge is 0.408 e. The number of aliphatic hydroxyl groups is 1. The van der Waals surface area contributed by atoms with Crippen LogP contribution in [0.5, 0.6) is 0 Å². The van der Waals surface area contributed by atoms with Crippen LogP contribution in [0.1, 0.15) is 112 Å². The van der Waals surface area contributed by atoms with Crippen LogP contribution >= 0.6 is 0 Å². The molecule has 0 bridgehead atoms. The van der Waals surface area contributed by atoms with Crippen LogP contribution in [0.2, 0.25) is 0 Å². The number of ether oxygens (including phenoxy) is 1. The molecule has 0 radical (unpaired) electrons. The van der Waals surface area contributed by atoms with E-state index in [1.165, 1.54) is 23.9 Å². The molecule has 254 valence electrons. The van der Waals surface area contributed by atoms with Gasteiger partial charge in [0.1, 0.15) is 24.3 Å². The van der Waals surface area contributed by atoms with Gasteiger partial charge in [-0.25, -0.2) is 4.79 Å². The molecule has 1 aromatic carbocycles. The quantitative estimate of drug-likeness (QED) is 0.277. The van der Waals surface area contributed by atoms with E-state index in [9.17, 15) is 24.3 Å². The molecule has 3 amide bonds. The van der Waals surface area contributed by atoms with E-state index < -0.39 is 29.9 Å². The maximum Gasteiger partial charge on any atom is 0.408 e. The van der Waals surface area contributed by atoms with E-state index in [1.54, 1.807) is 20.8 Å². The van der Waals surface area contributed by atoms with Gasteiger partial charge in [-0.2, -0.15) is 0 Å². The lowest BCUT2D eigenvalue weighted by atomic mass is 10.0. The Kier molecular flexibility index (Phi) is 23.9. The van der Waals surface area contributed by atoms with E-state index in [1.807, 2.05) is 19.9 Å². The van der Waals surface area contributed by atoms with Crippen molar-refractivity contribution in [3.63, 3.8) is 0 Å². The molecule has 1 aliphatic heterocycles. The summed E-state index contributed by atoms with van der Waals surface area (Å²) >= 11 is 0. The molecule has 2 fully saturated rings. The Bertz CT molecular complexity index is 916. The van der Waals surface area contributed by atoms with Gasteiger partial charge in [-0.15, -0.1) is 0 Å². The fourth-order valence-electron chi connectivity index (χ4n) is 4.11. The highest BCUT2D eigenvalue weighted by Crippen LogP contribution is 2.34. The number of rotatable bonds is 9. The molecule has 3 unspecified atom stereocenters. The number of aldehydes is 1. The number of carbonyl (C=O) groups is 4. The van der Waals surface area contributed by atoms with Gasteiger partial charge in [0.05, 0.1) is 6.04 Å². The fraction of sp³-hybridized carbons (Fsp3) is 0.706. The number of amides is 3. The summed E-state index contributed by atoms with van der Waals surface area (Å²) in [6, 6.07) is 9.20. The Labute approximate surface area is 266 Å². The molecule has 10 heteroatoms. The van der Waals surface area contributed by atoms with Crippen molar-refractivity contribution in [1.29, 1.82) is 0 Å². The highest BCUT2D eigenvalue weighted by Gasteiger charge is 2.37. The molecular weight excluding hydrogens is 560 g/mol. The van der Waals surface area contributed by atoms with Crippen LogP contribution in [0.25, 0.3) is 0 Å². The molecular formula is C34H62N4O6. The molecule has 0 aromatic heterocycles. The summed E-state index contributed by atoms with van der Waals surface area (Å²) in [4.78, 5) is 49.2. The third-order valence-corrected chi connectivity index (χ3v) is 6.29. The number of nitrogens with two attached hydrogens (primary N) is 1. The van der Waals surface area contributed by atoms with E-state index in [0.29, 0.717) is 43.9 Å². The molecule has 5 N–H and O–H groups in total. The molecule has 44 heavy (non-hydrogen) atoms. The Morgan fingerprint density at radius 1 is 1.07 bits per heavy atom. The Balaban J connectivity index is 0. The minimum absolute atomic E-state index is 0.263. The first kappa shape index (κ1) is 43.1. The summed E-state index contributed by atoms with van der Waals surface area (Å²) < 4.78 is 5.10. The molecule has 2 aliphatic rings. The van der Waals surface area contributed by atoms with Crippen LogP contribution in [0.15, 0.2) is 30.3 Å². The van der Waals surface area contributed by atoms with E-state index >= 15 is 0 Å². The molecule has 1 aliphatic carbocycles. The summed E-state index contributed by atoms with van der Waals surface area (Å²) in [7, 11) is 1.50. The number of alkyl carbamates (subject to hydrolysis) is 1.